The number of carbonyl (C=O) groups excluding carboxylic acids is 1. The number of pyridine rings is 1. The van der Waals surface area contributed by atoms with E-state index in [1.165, 1.54) is 0 Å². The predicted molar refractivity (Wildman–Crippen MR) is 71.8 cm³/mol. The molecule has 0 spiro atoms. The third-order valence-electron chi connectivity index (χ3n) is 2.74. The Morgan fingerprint density at radius 1 is 1.47 bits per heavy atom. The van der Waals surface area contributed by atoms with E-state index in [1.807, 2.05) is 6.92 Å². The first-order valence-electron chi connectivity index (χ1n) is 6.09. The van der Waals surface area contributed by atoms with E-state index in [1.54, 1.807) is 23.8 Å². The van der Waals surface area contributed by atoms with Crippen molar-refractivity contribution < 1.29 is 9.53 Å². The molecule has 2 rings (SSSR count). The van der Waals surface area contributed by atoms with Gasteiger partial charge in [-0.25, -0.2) is 4.98 Å². The number of nitrogens with one attached hydrogen (secondary N) is 1. The lowest BCUT2D eigenvalue weighted by molar-refractivity contribution is -0.121. The van der Waals surface area contributed by atoms with Gasteiger partial charge in [0, 0.05) is 25.6 Å². The van der Waals surface area contributed by atoms with Crippen molar-refractivity contribution in [3.8, 4) is 5.88 Å². The Kier molecular flexibility index (Phi) is 3.84. The summed E-state index contributed by atoms with van der Waals surface area (Å²) in [7, 11) is 1.55. The van der Waals surface area contributed by atoms with Crippen molar-refractivity contribution in [3.63, 3.8) is 0 Å². The molecule has 19 heavy (non-hydrogen) atoms. The summed E-state index contributed by atoms with van der Waals surface area (Å²) < 4.78 is 6.79. The number of methoxy groups -OCH3 is 1. The molecular weight excluding hydrogens is 246 g/mol. The van der Waals surface area contributed by atoms with Crippen LogP contribution in [0.5, 0.6) is 5.88 Å². The van der Waals surface area contributed by atoms with Crippen LogP contribution in [0.15, 0.2) is 12.1 Å². The largest absolute Gasteiger partial charge is 0.481 e. The van der Waals surface area contributed by atoms with Crippen LogP contribution in [-0.2, 0) is 11.3 Å². The van der Waals surface area contributed by atoms with E-state index in [0.717, 1.165) is 0 Å². The van der Waals surface area contributed by atoms with Crippen molar-refractivity contribution in [1.82, 2.24) is 19.9 Å². The predicted octanol–water partition coefficient (Wildman–Crippen LogP) is 0.548. The molecule has 2 aromatic heterocycles. The zero-order chi connectivity index (χ0) is 13.8. The van der Waals surface area contributed by atoms with E-state index in [0.29, 0.717) is 42.5 Å². The van der Waals surface area contributed by atoms with E-state index in [-0.39, 0.29) is 5.91 Å². The van der Waals surface area contributed by atoms with Gasteiger partial charge in [-0.05, 0) is 13.0 Å². The Morgan fingerprint density at radius 2 is 2.26 bits per heavy atom. The van der Waals surface area contributed by atoms with Crippen LogP contribution in [0.25, 0.3) is 11.2 Å². The lowest BCUT2D eigenvalue weighted by atomic mass is 10.3. The first kappa shape index (κ1) is 13.1. The van der Waals surface area contributed by atoms with Crippen molar-refractivity contribution in [1.29, 1.82) is 0 Å². The van der Waals surface area contributed by atoms with Crippen molar-refractivity contribution in [2.24, 2.45) is 0 Å². The topological polar surface area (TPSA) is 95.1 Å². The van der Waals surface area contributed by atoms with Gasteiger partial charge in [-0.15, -0.1) is 0 Å². The van der Waals surface area contributed by atoms with Crippen LogP contribution in [0.3, 0.4) is 0 Å². The molecule has 0 unspecified atom stereocenters. The Hall–Kier alpha value is -2.31. The fourth-order valence-electron chi connectivity index (χ4n) is 1.83. The molecule has 7 heteroatoms. The Labute approximate surface area is 110 Å². The van der Waals surface area contributed by atoms with Gasteiger partial charge >= 0.3 is 0 Å². The van der Waals surface area contributed by atoms with Gasteiger partial charge in [-0.1, -0.05) is 0 Å². The zero-order valence-electron chi connectivity index (χ0n) is 11.0. The molecule has 2 heterocycles. The number of carbonyl (C=O) groups is 1. The molecule has 0 aliphatic carbocycles. The number of anilines is 1. The second-order valence-corrected chi connectivity index (χ2v) is 4.02. The number of aryl methyl sites for hydroxylation is 1. The first-order chi connectivity index (χ1) is 9.15. The van der Waals surface area contributed by atoms with Crippen LogP contribution in [0.1, 0.15) is 13.3 Å². The number of nitrogens with zero attached hydrogens (tertiary/aromatic N) is 3. The van der Waals surface area contributed by atoms with E-state index >= 15 is 0 Å². The summed E-state index contributed by atoms with van der Waals surface area (Å²) in [5, 5.41) is 2.74. The molecule has 0 atom stereocenters. The molecule has 0 saturated heterocycles. The third-order valence-corrected chi connectivity index (χ3v) is 2.74. The molecule has 7 nitrogen and oxygen atoms in total. The van der Waals surface area contributed by atoms with E-state index in [2.05, 4.69) is 15.3 Å². The molecular formula is C12H17N5O2. The highest BCUT2D eigenvalue weighted by Crippen LogP contribution is 2.19. The third kappa shape index (κ3) is 2.75. The number of fused-ring (bicyclic) bond motifs is 1. The van der Waals surface area contributed by atoms with Crippen molar-refractivity contribution in [2.45, 2.75) is 19.9 Å². The summed E-state index contributed by atoms with van der Waals surface area (Å²) in [6, 6.07) is 3.52. The number of nitrogens with two attached hydrogens (primary N) is 1. The number of amides is 1. The van der Waals surface area contributed by atoms with Crippen molar-refractivity contribution in [2.75, 3.05) is 19.4 Å². The average Bonchev–Trinajstić information content (AvgIpc) is 2.71. The Morgan fingerprint density at radius 3 is 2.95 bits per heavy atom. The first-order valence-corrected chi connectivity index (χ1v) is 6.09. The lowest BCUT2D eigenvalue weighted by Crippen LogP contribution is -2.24. The molecule has 0 fully saturated rings. The van der Waals surface area contributed by atoms with Gasteiger partial charge in [0.15, 0.2) is 5.65 Å². The van der Waals surface area contributed by atoms with Gasteiger partial charge < -0.3 is 15.8 Å². The van der Waals surface area contributed by atoms with E-state index < -0.39 is 0 Å². The molecule has 0 bridgehead atoms. The molecule has 1 amide bonds. The minimum atomic E-state index is -0.0216. The van der Waals surface area contributed by atoms with Crippen LogP contribution < -0.4 is 15.8 Å². The monoisotopic (exact) mass is 263 g/mol. The fourth-order valence-corrected chi connectivity index (χ4v) is 1.83. The molecule has 0 saturated carbocycles. The quantitative estimate of drug-likeness (QED) is 0.821. The number of hydrogen-bond donors (Lipinski definition) is 2. The maximum Gasteiger partial charge on any atom is 0.221 e. The van der Waals surface area contributed by atoms with Crippen molar-refractivity contribution >= 4 is 23.0 Å². The van der Waals surface area contributed by atoms with Crippen LogP contribution in [0.4, 0.5) is 5.95 Å². The summed E-state index contributed by atoms with van der Waals surface area (Å²) in [5.74, 6) is 0.818. The number of aromatic nitrogens is 3. The standard InChI is InChI=1S/C12H17N5O2/c1-3-14-9(18)6-7-17-11-8(15-12(17)13)4-5-10(16-11)19-2/h4-5H,3,6-7H2,1-2H3,(H2,13,15)(H,14,18). The molecule has 0 radical (unpaired) electrons. The van der Waals surface area contributed by atoms with Gasteiger partial charge in [-0.2, -0.15) is 4.98 Å². The van der Waals surface area contributed by atoms with Crippen LogP contribution in [0.2, 0.25) is 0 Å². The van der Waals surface area contributed by atoms with E-state index in [4.69, 9.17) is 10.5 Å². The van der Waals surface area contributed by atoms with Crippen LogP contribution in [-0.4, -0.2) is 34.1 Å². The number of nitrogen functional groups attached to an aromatic ring is 1. The summed E-state index contributed by atoms with van der Waals surface area (Å²) >= 11 is 0. The molecule has 3 N–H and O–H groups in total. The van der Waals surface area contributed by atoms with Gasteiger partial charge in [0.05, 0.1) is 7.11 Å². The highest BCUT2D eigenvalue weighted by atomic mass is 16.5. The van der Waals surface area contributed by atoms with Crippen LogP contribution >= 0.6 is 0 Å². The van der Waals surface area contributed by atoms with Crippen LogP contribution in [0, 0.1) is 0 Å². The normalized spacial score (nSPS) is 10.6. The summed E-state index contributed by atoms with van der Waals surface area (Å²) in [4.78, 5) is 20.0. The van der Waals surface area contributed by atoms with Gasteiger partial charge in [0.2, 0.25) is 17.7 Å². The minimum Gasteiger partial charge on any atom is -0.481 e. The van der Waals surface area contributed by atoms with Gasteiger partial charge in [0.25, 0.3) is 0 Å². The lowest BCUT2D eigenvalue weighted by Gasteiger charge is -2.06. The van der Waals surface area contributed by atoms with Crippen molar-refractivity contribution in [3.05, 3.63) is 12.1 Å². The number of imidazole rings is 1. The average molecular weight is 263 g/mol. The Bertz CT molecular complexity index is 593. The molecule has 0 aliphatic heterocycles. The maximum atomic E-state index is 11.5. The molecule has 102 valence electrons. The Balaban J connectivity index is 2.26. The molecule has 0 aromatic carbocycles. The highest BCUT2D eigenvalue weighted by molar-refractivity contribution is 5.77. The highest BCUT2D eigenvalue weighted by Gasteiger charge is 2.11. The second-order valence-electron chi connectivity index (χ2n) is 4.02. The number of ether oxygens (including phenoxy) is 1. The number of rotatable bonds is 5. The minimum absolute atomic E-state index is 0.0216. The second kappa shape index (κ2) is 5.55. The molecule has 0 aliphatic rings. The van der Waals surface area contributed by atoms with E-state index in [9.17, 15) is 4.79 Å². The van der Waals surface area contributed by atoms with Gasteiger partial charge in [-0.3, -0.25) is 9.36 Å². The summed E-state index contributed by atoms with van der Waals surface area (Å²) in [6.45, 7) is 2.94. The summed E-state index contributed by atoms with van der Waals surface area (Å²) in [5.41, 5.74) is 7.16. The zero-order valence-corrected chi connectivity index (χ0v) is 11.0. The maximum absolute atomic E-state index is 11.5. The van der Waals surface area contributed by atoms with Gasteiger partial charge in [0.1, 0.15) is 5.52 Å². The summed E-state index contributed by atoms with van der Waals surface area (Å²) in [6.07, 6.45) is 0.336. The number of hydrogen-bond acceptors (Lipinski definition) is 5. The SMILES string of the molecule is CCNC(=O)CCn1c(N)nc2ccc(OC)nc21. The molecule has 2 aromatic rings. The smallest absolute Gasteiger partial charge is 0.221 e. The fraction of sp³-hybridized carbons (Fsp3) is 0.417.